The van der Waals surface area contributed by atoms with Gasteiger partial charge in [0.25, 0.3) is 5.56 Å². The van der Waals surface area contributed by atoms with E-state index >= 15 is 0 Å². The Labute approximate surface area is 148 Å². The van der Waals surface area contributed by atoms with E-state index in [-0.39, 0.29) is 33.3 Å². The molecule has 0 bridgehead atoms. The van der Waals surface area contributed by atoms with Crippen molar-refractivity contribution in [3.8, 4) is 5.06 Å². The quantitative estimate of drug-likeness (QED) is 0.790. The Balaban J connectivity index is 2.22. The summed E-state index contributed by atoms with van der Waals surface area (Å²) < 4.78 is 44.4. The summed E-state index contributed by atoms with van der Waals surface area (Å²) in [5, 5.41) is 8.68. The zero-order valence-corrected chi connectivity index (χ0v) is 14.4. The summed E-state index contributed by atoms with van der Waals surface area (Å²) in [6.07, 6.45) is -5.63. The number of alkyl halides is 3. The van der Waals surface area contributed by atoms with E-state index in [4.69, 9.17) is 5.11 Å². The standard InChI is InChI=1S/C15H15F3N2O5S/c1-7-9-10(21)20(6-8-2-3-8)13(22)19(5-4-15(16,17)18)11(9)26-12(7)25-14(23)24/h8H,2-6H2,1H3,(H,23,24). The van der Waals surface area contributed by atoms with Gasteiger partial charge in [0.2, 0.25) is 0 Å². The van der Waals surface area contributed by atoms with Crippen molar-refractivity contribution < 1.29 is 27.8 Å². The molecule has 2 heterocycles. The fraction of sp³-hybridized carbons (Fsp3) is 0.533. The van der Waals surface area contributed by atoms with Crippen molar-refractivity contribution in [1.29, 1.82) is 0 Å². The van der Waals surface area contributed by atoms with Crippen LogP contribution in [-0.2, 0) is 13.1 Å². The number of carboxylic acid groups (broad SMARTS) is 1. The highest BCUT2D eigenvalue weighted by Gasteiger charge is 2.30. The van der Waals surface area contributed by atoms with Gasteiger partial charge < -0.3 is 9.84 Å². The molecule has 2 aromatic heterocycles. The van der Waals surface area contributed by atoms with Crippen LogP contribution in [-0.4, -0.2) is 26.6 Å². The van der Waals surface area contributed by atoms with Crippen LogP contribution in [0.3, 0.4) is 0 Å². The van der Waals surface area contributed by atoms with Gasteiger partial charge in [-0.15, -0.1) is 0 Å². The lowest BCUT2D eigenvalue weighted by atomic mass is 10.2. The van der Waals surface area contributed by atoms with E-state index in [1.807, 2.05) is 0 Å². The van der Waals surface area contributed by atoms with Crippen LogP contribution in [0.2, 0.25) is 0 Å². The van der Waals surface area contributed by atoms with Crippen molar-refractivity contribution in [2.24, 2.45) is 5.92 Å². The zero-order valence-electron chi connectivity index (χ0n) is 13.6. The topological polar surface area (TPSA) is 90.5 Å². The van der Waals surface area contributed by atoms with Crippen LogP contribution in [0.1, 0.15) is 24.8 Å². The van der Waals surface area contributed by atoms with Crippen LogP contribution in [0.25, 0.3) is 10.2 Å². The van der Waals surface area contributed by atoms with Crippen LogP contribution in [0, 0.1) is 12.8 Å². The highest BCUT2D eigenvalue weighted by molar-refractivity contribution is 7.20. The van der Waals surface area contributed by atoms with Gasteiger partial charge in [-0.25, -0.2) is 9.59 Å². The molecule has 0 spiro atoms. The van der Waals surface area contributed by atoms with Crippen molar-refractivity contribution in [3.05, 3.63) is 26.4 Å². The molecule has 0 atom stereocenters. The van der Waals surface area contributed by atoms with E-state index in [1.165, 1.54) is 6.92 Å². The molecule has 142 valence electrons. The number of halogens is 3. The van der Waals surface area contributed by atoms with Gasteiger partial charge in [0.15, 0.2) is 5.06 Å². The Morgan fingerprint density at radius 3 is 2.50 bits per heavy atom. The van der Waals surface area contributed by atoms with Gasteiger partial charge in [0.1, 0.15) is 4.83 Å². The van der Waals surface area contributed by atoms with Crippen LogP contribution in [0.5, 0.6) is 5.06 Å². The minimum absolute atomic E-state index is 0.00922. The molecule has 1 aliphatic rings. The van der Waals surface area contributed by atoms with Gasteiger partial charge in [0, 0.05) is 18.7 Å². The second kappa shape index (κ2) is 6.45. The van der Waals surface area contributed by atoms with Crippen molar-refractivity contribution in [2.75, 3.05) is 0 Å². The molecule has 1 fully saturated rings. The molecule has 0 aromatic carbocycles. The molecule has 3 rings (SSSR count). The van der Waals surface area contributed by atoms with E-state index < -0.39 is 36.5 Å². The number of nitrogens with zero attached hydrogens (tertiary/aromatic N) is 2. The number of hydrogen-bond donors (Lipinski definition) is 1. The highest BCUT2D eigenvalue weighted by atomic mass is 32.1. The van der Waals surface area contributed by atoms with E-state index in [9.17, 15) is 27.6 Å². The number of thiophene rings is 1. The summed E-state index contributed by atoms with van der Waals surface area (Å²) in [6, 6.07) is 0. The number of carbonyl (C=O) groups is 1. The SMILES string of the molecule is Cc1c(OC(=O)O)sc2c1c(=O)n(CC1CC1)c(=O)n2CCC(F)(F)F. The first-order valence-corrected chi connectivity index (χ1v) is 8.64. The maximum Gasteiger partial charge on any atom is 0.512 e. The molecule has 0 radical (unpaired) electrons. The van der Waals surface area contributed by atoms with Crippen LogP contribution >= 0.6 is 11.3 Å². The third kappa shape index (κ3) is 3.62. The molecular formula is C15H15F3N2O5S. The average Bonchev–Trinajstić information content (AvgIpc) is 3.27. The predicted molar refractivity (Wildman–Crippen MR) is 87.1 cm³/mol. The second-order valence-corrected chi connectivity index (χ2v) is 7.18. The molecule has 0 amide bonds. The number of rotatable bonds is 5. The van der Waals surface area contributed by atoms with Crippen molar-refractivity contribution in [1.82, 2.24) is 9.13 Å². The van der Waals surface area contributed by atoms with Gasteiger partial charge >= 0.3 is 18.0 Å². The molecule has 7 nitrogen and oxygen atoms in total. The van der Waals surface area contributed by atoms with E-state index in [1.54, 1.807) is 0 Å². The lowest BCUT2D eigenvalue weighted by Gasteiger charge is -2.13. The first kappa shape index (κ1) is 18.5. The minimum atomic E-state index is -4.48. The Hall–Kier alpha value is -2.30. The smallest absolute Gasteiger partial charge is 0.449 e. The molecule has 11 heteroatoms. The normalized spacial score (nSPS) is 14.8. The van der Waals surface area contributed by atoms with E-state index in [2.05, 4.69) is 4.74 Å². The first-order valence-electron chi connectivity index (χ1n) is 7.82. The largest absolute Gasteiger partial charge is 0.512 e. The molecule has 1 N–H and O–H groups in total. The molecular weight excluding hydrogens is 377 g/mol. The van der Waals surface area contributed by atoms with Crippen LogP contribution < -0.4 is 16.0 Å². The number of aryl methyl sites for hydroxylation is 2. The number of hydrogen-bond acceptors (Lipinski definition) is 5. The Kier molecular flexibility index (Phi) is 4.59. The molecule has 26 heavy (non-hydrogen) atoms. The minimum Gasteiger partial charge on any atom is -0.449 e. The second-order valence-electron chi connectivity index (χ2n) is 6.22. The Morgan fingerprint density at radius 1 is 1.31 bits per heavy atom. The van der Waals surface area contributed by atoms with Crippen molar-refractivity contribution in [3.63, 3.8) is 0 Å². The summed E-state index contributed by atoms with van der Waals surface area (Å²) in [5.41, 5.74) is -1.25. The monoisotopic (exact) mass is 392 g/mol. The maximum atomic E-state index is 12.7. The number of aromatic nitrogens is 2. The molecule has 0 unspecified atom stereocenters. The molecule has 0 aliphatic heterocycles. The third-order valence-electron chi connectivity index (χ3n) is 4.19. The molecule has 2 aromatic rings. The summed E-state index contributed by atoms with van der Waals surface area (Å²) >= 11 is 0.680. The van der Waals surface area contributed by atoms with Crippen molar-refractivity contribution in [2.45, 2.75) is 45.5 Å². The highest BCUT2D eigenvalue weighted by Crippen LogP contribution is 2.36. The van der Waals surface area contributed by atoms with Crippen LogP contribution in [0.15, 0.2) is 9.59 Å². The Bertz CT molecular complexity index is 984. The number of ether oxygens (including phenoxy) is 1. The average molecular weight is 392 g/mol. The van der Waals surface area contributed by atoms with E-state index in [0.717, 1.165) is 22.0 Å². The van der Waals surface area contributed by atoms with Gasteiger partial charge in [-0.3, -0.25) is 13.9 Å². The summed E-state index contributed by atoms with van der Waals surface area (Å²) in [6.45, 7) is 0.929. The van der Waals surface area contributed by atoms with E-state index in [0.29, 0.717) is 11.3 Å². The van der Waals surface area contributed by atoms with Gasteiger partial charge in [-0.05, 0) is 25.7 Å². The summed E-state index contributed by atoms with van der Waals surface area (Å²) in [5.74, 6) is 0.155. The molecule has 1 aliphatic carbocycles. The van der Waals surface area contributed by atoms with Gasteiger partial charge in [0.05, 0.1) is 11.8 Å². The predicted octanol–water partition coefficient (Wildman–Crippen LogP) is 2.95. The fourth-order valence-corrected chi connectivity index (χ4v) is 3.87. The van der Waals surface area contributed by atoms with Gasteiger partial charge in [-0.2, -0.15) is 13.2 Å². The third-order valence-corrected chi connectivity index (χ3v) is 5.38. The Morgan fingerprint density at radius 2 is 1.96 bits per heavy atom. The summed E-state index contributed by atoms with van der Waals surface area (Å²) in [7, 11) is 0. The number of fused-ring (bicyclic) bond motifs is 1. The first-order chi connectivity index (χ1) is 12.1. The summed E-state index contributed by atoms with van der Waals surface area (Å²) in [4.78, 5) is 36.1. The lowest BCUT2D eigenvalue weighted by molar-refractivity contribution is -0.136. The fourth-order valence-electron chi connectivity index (χ4n) is 2.71. The van der Waals surface area contributed by atoms with Gasteiger partial charge in [-0.1, -0.05) is 11.3 Å². The lowest BCUT2D eigenvalue weighted by Crippen LogP contribution is -2.40. The van der Waals surface area contributed by atoms with Crippen LogP contribution in [0.4, 0.5) is 18.0 Å². The zero-order chi connectivity index (χ0) is 19.2. The molecule has 0 saturated heterocycles. The maximum absolute atomic E-state index is 12.7. The van der Waals surface area contributed by atoms with Crippen molar-refractivity contribution >= 4 is 27.7 Å². The molecule has 1 saturated carbocycles.